The van der Waals surface area contributed by atoms with Gasteiger partial charge in [-0.25, -0.2) is 0 Å². The number of carbonyl (C=O) groups is 1. The number of unbranched alkanes of at least 4 members (excludes halogenated alkanes) is 1. The Labute approximate surface area is 166 Å². The van der Waals surface area contributed by atoms with E-state index in [4.69, 9.17) is 14.3 Å². The van der Waals surface area contributed by atoms with E-state index in [-0.39, 0.29) is 24.4 Å². The number of carboxylic acids is 1. The zero-order valence-corrected chi connectivity index (χ0v) is 16.4. The molecule has 1 aliphatic carbocycles. The van der Waals surface area contributed by atoms with Crippen LogP contribution in [0.2, 0.25) is 0 Å². The number of methoxy groups -OCH3 is 1. The van der Waals surface area contributed by atoms with Crippen LogP contribution in [0.1, 0.15) is 44.3 Å². The van der Waals surface area contributed by atoms with E-state index in [9.17, 15) is 15.0 Å². The molecule has 156 valence electrons. The monoisotopic (exact) mass is 392 g/mol. The minimum absolute atomic E-state index is 0.0513. The number of aliphatic carboxylic acids is 1. The van der Waals surface area contributed by atoms with Crippen LogP contribution < -0.4 is 0 Å². The molecule has 6 heteroatoms. The summed E-state index contributed by atoms with van der Waals surface area (Å²) in [5.41, 5.74) is 0. The molecule has 1 heterocycles. The fraction of sp³-hybridized carbons (Fsp3) is 0.591. The Balaban J connectivity index is 1.85. The molecule has 1 aromatic heterocycles. The minimum Gasteiger partial charge on any atom is -0.481 e. The average Bonchev–Trinajstić information content (AvgIpc) is 3.26. The first-order chi connectivity index (χ1) is 13.5. The van der Waals surface area contributed by atoms with Crippen molar-refractivity contribution >= 4 is 5.97 Å². The molecule has 1 saturated carbocycles. The van der Waals surface area contributed by atoms with Crippen molar-refractivity contribution in [1.82, 2.24) is 0 Å². The Morgan fingerprint density at radius 1 is 1.36 bits per heavy atom. The number of hydrogen-bond donors (Lipinski definition) is 3. The van der Waals surface area contributed by atoms with Gasteiger partial charge < -0.3 is 24.5 Å². The van der Waals surface area contributed by atoms with Gasteiger partial charge in [-0.1, -0.05) is 24.3 Å². The molecule has 1 fully saturated rings. The van der Waals surface area contributed by atoms with Gasteiger partial charge >= 0.3 is 5.97 Å². The standard InChI is InChI=1S/C22H32O6/c1-27-16(10-11-17-7-6-14-28-17)12-13-19-18(20(23)15-21(19)24)8-4-2-3-5-9-22(25)26/h2,4,6-7,12-14,16,18-21,23-24H,3,5,8-11,15H2,1H3,(H,25,26)/b4-2-,13-12+/t16-,18-,19-,20+,21-/m1/s1. The average molecular weight is 392 g/mol. The number of ether oxygens (including phenoxy) is 1. The van der Waals surface area contributed by atoms with Crippen LogP contribution in [0, 0.1) is 11.8 Å². The number of aryl methyl sites for hydroxylation is 1. The zero-order chi connectivity index (χ0) is 20.4. The van der Waals surface area contributed by atoms with Crippen LogP contribution in [0.3, 0.4) is 0 Å². The summed E-state index contributed by atoms with van der Waals surface area (Å²) in [6, 6.07) is 3.80. The Hall–Kier alpha value is -1.89. The van der Waals surface area contributed by atoms with Crippen molar-refractivity contribution < 1.29 is 29.3 Å². The molecule has 0 spiro atoms. The predicted octanol–water partition coefficient (Wildman–Crippen LogP) is 3.34. The van der Waals surface area contributed by atoms with Crippen molar-refractivity contribution in [3.63, 3.8) is 0 Å². The highest BCUT2D eigenvalue weighted by molar-refractivity contribution is 5.66. The van der Waals surface area contributed by atoms with Crippen molar-refractivity contribution in [1.29, 1.82) is 0 Å². The molecule has 5 atom stereocenters. The molecular formula is C22H32O6. The summed E-state index contributed by atoms with van der Waals surface area (Å²) in [7, 11) is 1.66. The molecule has 0 unspecified atom stereocenters. The van der Waals surface area contributed by atoms with Crippen LogP contribution >= 0.6 is 0 Å². The Kier molecular flexibility index (Phi) is 9.47. The van der Waals surface area contributed by atoms with Gasteiger partial charge in [0.2, 0.25) is 0 Å². The van der Waals surface area contributed by atoms with Crippen molar-refractivity contribution in [2.45, 2.75) is 63.3 Å². The Morgan fingerprint density at radius 3 is 2.86 bits per heavy atom. The summed E-state index contributed by atoms with van der Waals surface area (Å²) in [4.78, 5) is 10.5. The third-order valence-corrected chi connectivity index (χ3v) is 5.36. The molecule has 1 aromatic rings. The van der Waals surface area contributed by atoms with E-state index < -0.39 is 18.2 Å². The van der Waals surface area contributed by atoms with Crippen LogP contribution in [0.15, 0.2) is 47.1 Å². The largest absolute Gasteiger partial charge is 0.481 e. The van der Waals surface area contributed by atoms with Crippen molar-refractivity contribution in [3.05, 3.63) is 48.5 Å². The summed E-state index contributed by atoms with van der Waals surface area (Å²) >= 11 is 0. The van der Waals surface area contributed by atoms with Gasteiger partial charge in [-0.15, -0.1) is 0 Å². The van der Waals surface area contributed by atoms with Crippen molar-refractivity contribution in [3.8, 4) is 0 Å². The summed E-state index contributed by atoms with van der Waals surface area (Å²) in [6.07, 6.45) is 12.4. The van der Waals surface area contributed by atoms with E-state index >= 15 is 0 Å². The highest BCUT2D eigenvalue weighted by Gasteiger charge is 2.39. The molecule has 6 nitrogen and oxygen atoms in total. The number of furan rings is 1. The lowest BCUT2D eigenvalue weighted by molar-refractivity contribution is -0.137. The molecule has 0 saturated heterocycles. The van der Waals surface area contributed by atoms with Crippen LogP contribution in [0.5, 0.6) is 0 Å². The molecule has 0 amide bonds. The van der Waals surface area contributed by atoms with E-state index in [1.807, 2.05) is 36.4 Å². The van der Waals surface area contributed by atoms with Crippen LogP contribution in [-0.4, -0.2) is 46.7 Å². The van der Waals surface area contributed by atoms with E-state index in [1.165, 1.54) is 0 Å². The molecule has 3 N–H and O–H groups in total. The van der Waals surface area contributed by atoms with Crippen LogP contribution in [-0.2, 0) is 16.0 Å². The number of hydrogen-bond acceptors (Lipinski definition) is 5. The molecule has 28 heavy (non-hydrogen) atoms. The van der Waals surface area contributed by atoms with E-state index in [0.29, 0.717) is 25.7 Å². The topological polar surface area (TPSA) is 100 Å². The third-order valence-electron chi connectivity index (χ3n) is 5.36. The first-order valence-corrected chi connectivity index (χ1v) is 9.97. The molecular weight excluding hydrogens is 360 g/mol. The molecule has 0 aliphatic heterocycles. The summed E-state index contributed by atoms with van der Waals surface area (Å²) in [5, 5.41) is 29.3. The highest BCUT2D eigenvalue weighted by Crippen LogP contribution is 2.36. The van der Waals surface area contributed by atoms with Gasteiger partial charge in [0.1, 0.15) is 5.76 Å². The smallest absolute Gasteiger partial charge is 0.303 e. The first kappa shape index (κ1) is 22.4. The van der Waals surface area contributed by atoms with Gasteiger partial charge in [0, 0.05) is 32.3 Å². The molecule has 0 bridgehead atoms. The van der Waals surface area contributed by atoms with Gasteiger partial charge in [-0.3, -0.25) is 4.79 Å². The second kappa shape index (κ2) is 11.8. The number of rotatable bonds is 12. The lowest BCUT2D eigenvalue weighted by Crippen LogP contribution is -2.20. The highest BCUT2D eigenvalue weighted by atomic mass is 16.5. The molecule has 1 aliphatic rings. The second-order valence-electron chi connectivity index (χ2n) is 7.38. The first-order valence-electron chi connectivity index (χ1n) is 9.97. The normalized spacial score (nSPS) is 26.4. The fourth-order valence-electron chi connectivity index (χ4n) is 3.73. The number of allylic oxidation sites excluding steroid dienone is 2. The maximum absolute atomic E-state index is 10.5. The zero-order valence-electron chi connectivity index (χ0n) is 16.4. The van der Waals surface area contributed by atoms with Gasteiger partial charge in [0.05, 0.1) is 24.6 Å². The molecule has 0 radical (unpaired) electrons. The number of aliphatic hydroxyl groups excluding tert-OH is 2. The second-order valence-corrected chi connectivity index (χ2v) is 7.38. The van der Waals surface area contributed by atoms with Crippen molar-refractivity contribution in [2.75, 3.05) is 7.11 Å². The maximum Gasteiger partial charge on any atom is 0.303 e. The van der Waals surface area contributed by atoms with Gasteiger partial charge in [-0.05, 0) is 43.7 Å². The predicted molar refractivity (Wildman–Crippen MR) is 106 cm³/mol. The van der Waals surface area contributed by atoms with Gasteiger partial charge in [0.25, 0.3) is 0 Å². The summed E-state index contributed by atoms with van der Waals surface area (Å²) in [6.45, 7) is 0. The number of carboxylic acid groups (broad SMARTS) is 1. The molecule has 0 aromatic carbocycles. The fourth-order valence-corrected chi connectivity index (χ4v) is 3.73. The minimum atomic E-state index is -0.785. The third kappa shape index (κ3) is 7.26. The van der Waals surface area contributed by atoms with Gasteiger partial charge in [0.15, 0.2) is 0 Å². The van der Waals surface area contributed by atoms with Crippen LogP contribution in [0.4, 0.5) is 0 Å². The lowest BCUT2D eigenvalue weighted by atomic mass is 9.89. The van der Waals surface area contributed by atoms with Gasteiger partial charge in [-0.2, -0.15) is 0 Å². The lowest BCUT2D eigenvalue weighted by Gasteiger charge is -2.20. The van der Waals surface area contributed by atoms with Crippen LogP contribution in [0.25, 0.3) is 0 Å². The van der Waals surface area contributed by atoms with E-state index in [0.717, 1.165) is 18.6 Å². The maximum atomic E-state index is 10.5. The van der Waals surface area contributed by atoms with E-state index in [1.54, 1.807) is 13.4 Å². The SMILES string of the molecule is CO[C@@H](/C=C/[C@@H]1[C@@H](C/C=C\CCCC(=O)O)[C@@H](O)C[C@H]1O)CCc1ccco1. The summed E-state index contributed by atoms with van der Waals surface area (Å²) < 4.78 is 10.9. The Bertz CT molecular complexity index is 621. The van der Waals surface area contributed by atoms with E-state index in [2.05, 4.69) is 0 Å². The quantitative estimate of drug-likeness (QED) is 0.373. The van der Waals surface area contributed by atoms with Crippen molar-refractivity contribution in [2.24, 2.45) is 11.8 Å². The summed E-state index contributed by atoms with van der Waals surface area (Å²) in [5.74, 6) is -0.0464. The number of aliphatic hydroxyl groups is 2. The Morgan fingerprint density at radius 2 is 2.18 bits per heavy atom. The molecule has 2 rings (SSSR count).